The van der Waals surface area contributed by atoms with E-state index in [0.29, 0.717) is 31.2 Å². The van der Waals surface area contributed by atoms with Crippen LogP contribution in [0.3, 0.4) is 0 Å². The molecular formula is C25H33N5O4. The summed E-state index contributed by atoms with van der Waals surface area (Å²) in [6.07, 6.45) is 2.85. The third kappa shape index (κ3) is 5.65. The number of piperidine rings is 2. The van der Waals surface area contributed by atoms with E-state index in [1.54, 1.807) is 12.1 Å². The molecule has 0 bridgehead atoms. The summed E-state index contributed by atoms with van der Waals surface area (Å²) in [5.41, 5.74) is 8.35. The average Bonchev–Trinajstić information content (AvgIpc) is 3.16. The Balaban J connectivity index is 1.27. The molecule has 34 heavy (non-hydrogen) atoms. The minimum Gasteiger partial charge on any atom is -0.367 e. The number of carbonyl (C=O) groups excluding carboxylic acids is 3. The molecule has 3 heterocycles. The highest BCUT2D eigenvalue weighted by Crippen LogP contribution is 2.29. The maximum Gasteiger partial charge on any atom is 0.255 e. The molecule has 3 aliphatic heterocycles. The summed E-state index contributed by atoms with van der Waals surface area (Å²) < 4.78 is 5.68. The quantitative estimate of drug-likeness (QED) is 0.290. The van der Waals surface area contributed by atoms with Gasteiger partial charge < -0.3 is 25.6 Å². The second-order valence-electron chi connectivity index (χ2n) is 9.17. The average molecular weight is 468 g/mol. The van der Waals surface area contributed by atoms with Crippen molar-refractivity contribution in [2.24, 2.45) is 5.73 Å². The number of amides is 3. The second-order valence-corrected chi connectivity index (χ2v) is 9.17. The first-order valence-corrected chi connectivity index (χ1v) is 11.9. The van der Waals surface area contributed by atoms with Gasteiger partial charge in [0, 0.05) is 42.7 Å². The Labute approximate surface area is 200 Å². The highest BCUT2D eigenvalue weighted by Gasteiger charge is 2.39. The van der Waals surface area contributed by atoms with Crippen LogP contribution in [-0.2, 0) is 20.9 Å². The van der Waals surface area contributed by atoms with Crippen molar-refractivity contribution in [1.82, 2.24) is 20.4 Å². The van der Waals surface area contributed by atoms with Gasteiger partial charge in [0.1, 0.15) is 12.6 Å². The maximum atomic E-state index is 12.9. The molecule has 1 aromatic rings. The monoisotopic (exact) mass is 467 g/mol. The normalized spacial score (nSPS) is 22.2. The van der Waals surface area contributed by atoms with Gasteiger partial charge in [0.05, 0.1) is 6.61 Å². The first-order chi connectivity index (χ1) is 16.5. The Kier molecular flexibility index (Phi) is 7.95. The van der Waals surface area contributed by atoms with Gasteiger partial charge in [-0.1, -0.05) is 17.9 Å². The first kappa shape index (κ1) is 24.4. The van der Waals surface area contributed by atoms with Crippen LogP contribution in [0.2, 0.25) is 0 Å². The fourth-order valence-electron chi connectivity index (χ4n) is 4.88. The zero-order chi connectivity index (χ0) is 24.1. The van der Waals surface area contributed by atoms with Crippen molar-refractivity contribution >= 4 is 17.7 Å². The Morgan fingerprint density at radius 3 is 2.76 bits per heavy atom. The van der Waals surface area contributed by atoms with Crippen molar-refractivity contribution in [3.8, 4) is 11.8 Å². The lowest BCUT2D eigenvalue weighted by molar-refractivity contribution is -0.136. The Bertz CT molecular complexity index is 993. The van der Waals surface area contributed by atoms with Crippen molar-refractivity contribution < 1.29 is 19.1 Å². The molecule has 2 saturated heterocycles. The molecule has 9 heteroatoms. The fraction of sp³-hybridized carbons (Fsp3) is 0.560. The van der Waals surface area contributed by atoms with Gasteiger partial charge in [-0.05, 0) is 57.1 Å². The molecule has 0 saturated carbocycles. The van der Waals surface area contributed by atoms with Gasteiger partial charge in [-0.3, -0.25) is 19.7 Å². The molecule has 1 aromatic carbocycles. The largest absolute Gasteiger partial charge is 0.367 e. The molecule has 4 rings (SSSR count). The van der Waals surface area contributed by atoms with Crippen molar-refractivity contribution in [2.45, 2.75) is 50.4 Å². The number of fused-ring (bicyclic) bond motifs is 1. The number of nitrogens with zero attached hydrogens (tertiary/aromatic N) is 2. The summed E-state index contributed by atoms with van der Waals surface area (Å²) in [7, 11) is 2.01. The third-order valence-electron chi connectivity index (χ3n) is 6.80. The first-order valence-electron chi connectivity index (χ1n) is 11.9. The summed E-state index contributed by atoms with van der Waals surface area (Å²) in [5, 5.41) is 5.65. The van der Waals surface area contributed by atoms with Crippen LogP contribution in [0.15, 0.2) is 18.2 Å². The summed E-state index contributed by atoms with van der Waals surface area (Å²) >= 11 is 0. The lowest BCUT2D eigenvalue weighted by Crippen LogP contribution is -2.52. The molecule has 4 N–H and O–H groups in total. The van der Waals surface area contributed by atoms with Crippen LogP contribution < -0.4 is 16.4 Å². The van der Waals surface area contributed by atoms with Gasteiger partial charge in [0.25, 0.3) is 5.91 Å². The van der Waals surface area contributed by atoms with Gasteiger partial charge in [-0.25, -0.2) is 0 Å². The van der Waals surface area contributed by atoms with Crippen LogP contribution in [-0.4, -0.2) is 85.5 Å². The van der Waals surface area contributed by atoms with Gasteiger partial charge in [-0.15, -0.1) is 0 Å². The van der Waals surface area contributed by atoms with E-state index < -0.39 is 11.9 Å². The predicted octanol–water partition coefficient (Wildman–Crippen LogP) is -0.173. The standard InChI is InChI=1S/C25H33N5O4/c1-27-19-9-11-29(12-10-19)14-18(26)16-34-13-3-5-17-4-2-6-20-21(17)15-30(25(20)33)22-7-8-23(31)28-24(22)32/h2,4,6,18-19,22,27H,7-16,26H2,1H3,(H,28,31,32). The van der Waals surface area contributed by atoms with Crippen molar-refractivity contribution in [3.05, 3.63) is 34.9 Å². The van der Waals surface area contributed by atoms with E-state index in [1.165, 1.54) is 4.90 Å². The van der Waals surface area contributed by atoms with Crippen LogP contribution in [0.1, 0.15) is 47.2 Å². The molecule has 182 valence electrons. The molecular weight excluding hydrogens is 434 g/mol. The molecule has 9 nitrogen and oxygen atoms in total. The Hall–Kier alpha value is -2.77. The van der Waals surface area contributed by atoms with E-state index in [9.17, 15) is 14.4 Å². The van der Waals surface area contributed by atoms with Crippen LogP contribution in [0.5, 0.6) is 0 Å². The number of imide groups is 1. The van der Waals surface area contributed by atoms with E-state index in [4.69, 9.17) is 10.5 Å². The predicted molar refractivity (Wildman–Crippen MR) is 127 cm³/mol. The summed E-state index contributed by atoms with van der Waals surface area (Å²) in [4.78, 5) is 40.5. The number of nitrogens with two attached hydrogens (primary N) is 1. The molecule has 2 unspecified atom stereocenters. The summed E-state index contributed by atoms with van der Waals surface area (Å²) in [5.74, 6) is 5.22. The van der Waals surface area contributed by atoms with Gasteiger partial charge in [-0.2, -0.15) is 0 Å². The zero-order valence-electron chi connectivity index (χ0n) is 19.6. The van der Waals surface area contributed by atoms with Crippen molar-refractivity contribution in [2.75, 3.05) is 39.9 Å². The van der Waals surface area contributed by atoms with Crippen LogP contribution in [0.4, 0.5) is 0 Å². The number of hydrogen-bond acceptors (Lipinski definition) is 7. The molecule has 0 radical (unpaired) electrons. The van der Waals surface area contributed by atoms with Gasteiger partial charge in [0.15, 0.2) is 0 Å². The molecule has 3 amide bonds. The van der Waals surface area contributed by atoms with E-state index in [0.717, 1.165) is 43.6 Å². The molecule has 2 fully saturated rings. The number of nitrogens with one attached hydrogen (secondary N) is 2. The molecule has 0 aromatic heterocycles. The van der Waals surface area contributed by atoms with Crippen LogP contribution in [0.25, 0.3) is 0 Å². The van der Waals surface area contributed by atoms with E-state index in [2.05, 4.69) is 27.4 Å². The number of rotatable bonds is 7. The molecule has 0 aliphatic carbocycles. The van der Waals surface area contributed by atoms with Gasteiger partial charge >= 0.3 is 0 Å². The number of ether oxygens (including phenoxy) is 1. The minimum absolute atomic E-state index is 0.0615. The lowest BCUT2D eigenvalue weighted by Gasteiger charge is -2.33. The highest BCUT2D eigenvalue weighted by molar-refractivity contribution is 6.05. The van der Waals surface area contributed by atoms with Crippen molar-refractivity contribution in [3.63, 3.8) is 0 Å². The molecule has 0 spiro atoms. The van der Waals surface area contributed by atoms with Gasteiger partial charge in [0.2, 0.25) is 11.8 Å². The molecule has 2 atom stereocenters. The number of benzene rings is 1. The number of likely N-dealkylation sites (tertiary alicyclic amines) is 1. The van der Waals surface area contributed by atoms with Crippen LogP contribution >= 0.6 is 0 Å². The maximum absolute atomic E-state index is 12.9. The lowest BCUT2D eigenvalue weighted by atomic mass is 10.0. The zero-order valence-corrected chi connectivity index (χ0v) is 19.6. The highest BCUT2D eigenvalue weighted by atomic mass is 16.5. The second kappa shape index (κ2) is 11.1. The summed E-state index contributed by atoms with van der Waals surface area (Å²) in [6, 6.07) is 5.32. The minimum atomic E-state index is -0.632. The van der Waals surface area contributed by atoms with E-state index in [-0.39, 0.29) is 30.9 Å². The fourth-order valence-corrected chi connectivity index (χ4v) is 4.88. The number of carbonyl (C=O) groups is 3. The van der Waals surface area contributed by atoms with Crippen molar-refractivity contribution in [1.29, 1.82) is 0 Å². The third-order valence-corrected chi connectivity index (χ3v) is 6.80. The van der Waals surface area contributed by atoms with Crippen LogP contribution in [0, 0.1) is 11.8 Å². The van der Waals surface area contributed by atoms with E-state index >= 15 is 0 Å². The smallest absolute Gasteiger partial charge is 0.255 e. The Morgan fingerprint density at radius 1 is 1.24 bits per heavy atom. The summed E-state index contributed by atoms with van der Waals surface area (Å²) in [6.45, 7) is 3.91. The molecule has 3 aliphatic rings. The SMILES string of the molecule is CNC1CCN(CC(N)COCC#Cc2cccc3c2CN(C2CCC(=O)NC2=O)C3=O)CC1. The number of hydrogen-bond donors (Lipinski definition) is 3. The topological polar surface area (TPSA) is 117 Å². The Morgan fingerprint density at radius 2 is 2.03 bits per heavy atom. The van der Waals surface area contributed by atoms with E-state index in [1.807, 2.05) is 13.1 Å².